The molecule has 4 fully saturated rings. The number of carbonyl (C=O) groups excluding carboxylic acids is 12. The molecule has 588 valence electrons. The summed E-state index contributed by atoms with van der Waals surface area (Å²) in [7, 11) is 11.1. The molecule has 0 aromatic heterocycles. The Labute approximate surface area is 618 Å². The molecular weight excluding hydrogens is 1390 g/mol. The first-order chi connectivity index (χ1) is 50.1. The number of fused-ring (bicyclic) bond motifs is 9. The van der Waals surface area contributed by atoms with Crippen LogP contribution in [-0.4, -0.2) is 271 Å². The predicted molar refractivity (Wildman–Crippen MR) is 380 cm³/mol. The summed E-state index contributed by atoms with van der Waals surface area (Å²) >= 11 is 0. The lowest BCUT2D eigenvalue weighted by atomic mass is 9.90. The van der Waals surface area contributed by atoms with Gasteiger partial charge in [0.2, 0.25) is 70.9 Å². The Kier molecular flexibility index (Phi) is 30.3. The van der Waals surface area contributed by atoms with Crippen molar-refractivity contribution >= 4 is 70.9 Å². The van der Waals surface area contributed by atoms with E-state index in [-0.39, 0.29) is 70.4 Å². The molecule has 2 aliphatic carbocycles. The number of ether oxygens (including phenoxy) is 2. The second-order valence-corrected chi connectivity index (χ2v) is 29.5. The van der Waals surface area contributed by atoms with Crippen molar-refractivity contribution in [1.82, 2.24) is 60.0 Å². The monoisotopic (exact) mass is 1500 g/mol. The van der Waals surface area contributed by atoms with Crippen molar-refractivity contribution in [2.75, 3.05) is 102 Å². The molecule has 26 nitrogen and oxygen atoms in total. The molecule has 4 heterocycles. The number of aryl methyl sites for hydroxylation is 1. The SMILES string of the molecule is CCCN1C(=O)CN(C)C(=O)CN(C)C(=O)[C@H]([C@@H](C)CC)NC(=O)[C@@H]2CCCCCCOc3ccc(cc3)C[C@H]1C(=O)N(C)CC(=O)N[C@@H](CCc1cc(F)c(C(F)(F)F)c(F)c1)C(=O)N1C[C@H](OCC)C[C@H]1C(=O)NC1(CCCC1)C(=O)N(C)[C@@H](C1CCCC1)C(=O)N(C)[C@H](C(=O)N(C)C)CC(=O)N2C. The maximum Gasteiger partial charge on any atom is 0.422 e. The fourth-order valence-corrected chi connectivity index (χ4v) is 15.3. The Morgan fingerprint density at radius 3 is 1.89 bits per heavy atom. The van der Waals surface area contributed by atoms with Crippen LogP contribution in [0.3, 0.4) is 0 Å². The molecule has 2 aromatic rings. The maximum atomic E-state index is 15.7. The normalized spacial score (nSPS) is 25.7. The molecule has 2 saturated carbocycles. The molecule has 6 aliphatic rings. The smallest absolute Gasteiger partial charge is 0.422 e. The lowest BCUT2D eigenvalue weighted by Gasteiger charge is -2.42. The topological polar surface area (TPSA) is 289 Å². The van der Waals surface area contributed by atoms with E-state index < -0.39 is 199 Å². The van der Waals surface area contributed by atoms with E-state index in [2.05, 4.69) is 16.0 Å². The first kappa shape index (κ1) is 84.7. The number of hydrogen-bond donors (Lipinski definition) is 3. The van der Waals surface area contributed by atoms with Gasteiger partial charge in [-0.1, -0.05) is 84.3 Å². The highest BCUT2D eigenvalue weighted by Crippen LogP contribution is 2.38. The number of alkyl halides is 3. The van der Waals surface area contributed by atoms with E-state index in [1.165, 1.54) is 76.0 Å². The van der Waals surface area contributed by atoms with E-state index in [9.17, 15) is 37.1 Å². The molecule has 9 atom stereocenters. The third-order valence-corrected chi connectivity index (χ3v) is 21.6. The van der Waals surface area contributed by atoms with Gasteiger partial charge >= 0.3 is 6.18 Å². The largest absolute Gasteiger partial charge is 0.494 e. The molecule has 2 aromatic carbocycles. The average Bonchev–Trinajstić information content (AvgIpc) is 1.52. The molecule has 4 aliphatic heterocycles. The third kappa shape index (κ3) is 21.0. The molecule has 2 saturated heterocycles. The average molecular weight is 1500 g/mol. The summed E-state index contributed by atoms with van der Waals surface area (Å²) in [5.41, 5.74) is -3.65. The second-order valence-electron chi connectivity index (χ2n) is 29.5. The van der Waals surface area contributed by atoms with Gasteiger partial charge in [0, 0.05) is 88.9 Å². The van der Waals surface area contributed by atoms with Crippen LogP contribution in [0.4, 0.5) is 22.0 Å². The summed E-state index contributed by atoms with van der Waals surface area (Å²) in [4.78, 5) is 191. The molecule has 0 radical (unpaired) electrons. The van der Waals surface area contributed by atoms with Gasteiger partial charge in [0.05, 0.1) is 38.8 Å². The zero-order chi connectivity index (χ0) is 78.2. The number of rotatable bonds is 11. The molecular formula is C75H109F5N12O14. The number of benzene rings is 2. The van der Waals surface area contributed by atoms with Crippen LogP contribution in [0.15, 0.2) is 36.4 Å². The summed E-state index contributed by atoms with van der Waals surface area (Å²) in [5.74, 6) is -13.5. The number of nitrogens with zero attached hydrogens (tertiary/aromatic N) is 9. The summed E-state index contributed by atoms with van der Waals surface area (Å²) in [6.07, 6.45) is -2.05. The number of amides is 12. The van der Waals surface area contributed by atoms with Crippen LogP contribution in [-0.2, 0) is 81.3 Å². The predicted octanol–water partition coefficient (Wildman–Crippen LogP) is 5.10. The minimum absolute atomic E-state index is 0.0531. The van der Waals surface area contributed by atoms with Gasteiger partial charge in [0.25, 0.3) is 0 Å². The fraction of sp³-hybridized carbons (Fsp3) is 0.680. The third-order valence-electron chi connectivity index (χ3n) is 21.6. The van der Waals surface area contributed by atoms with Gasteiger partial charge in [-0.05, 0) is 112 Å². The van der Waals surface area contributed by atoms with Crippen molar-refractivity contribution in [3.63, 3.8) is 0 Å². The summed E-state index contributed by atoms with van der Waals surface area (Å²) in [5, 5.41) is 8.53. The van der Waals surface area contributed by atoms with Crippen molar-refractivity contribution in [2.24, 2.45) is 11.8 Å². The van der Waals surface area contributed by atoms with Crippen LogP contribution < -0.4 is 20.7 Å². The van der Waals surface area contributed by atoms with E-state index in [0.717, 1.165) is 24.5 Å². The van der Waals surface area contributed by atoms with Crippen LogP contribution in [0.25, 0.3) is 0 Å². The molecule has 0 unspecified atom stereocenters. The highest BCUT2D eigenvalue weighted by Gasteiger charge is 2.52. The van der Waals surface area contributed by atoms with E-state index in [0.29, 0.717) is 94.1 Å². The summed E-state index contributed by atoms with van der Waals surface area (Å²) < 4.78 is 84.2. The molecule has 106 heavy (non-hydrogen) atoms. The van der Waals surface area contributed by atoms with Crippen molar-refractivity contribution < 1.29 is 89.0 Å². The van der Waals surface area contributed by atoms with Crippen LogP contribution in [0.5, 0.6) is 5.75 Å². The number of likely N-dealkylation sites (N-methyl/N-ethyl adjacent to an activating group) is 7. The Morgan fingerprint density at radius 2 is 1.28 bits per heavy atom. The van der Waals surface area contributed by atoms with Gasteiger partial charge in [0.15, 0.2) is 0 Å². The van der Waals surface area contributed by atoms with Gasteiger partial charge in [-0.3, -0.25) is 57.5 Å². The van der Waals surface area contributed by atoms with Crippen LogP contribution >= 0.6 is 0 Å². The Morgan fingerprint density at radius 1 is 0.670 bits per heavy atom. The van der Waals surface area contributed by atoms with E-state index in [4.69, 9.17) is 9.47 Å². The molecule has 31 heteroatoms. The molecule has 1 spiro atoms. The zero-order valence-electron chi connectivity index (χ0n) is 63.5. The highest BCUT2D eigenvalue weighted by molar-refractivity contribution is 6.01. The van der Waals surface area contributed by atoms with Crippen LogP contribution in [0.2, 0.25) is 0 Å². The maximum absolute atomic E-state index is 15.7. The Hall–Kier alpha value is -8.51. The van der Waals surface area contributed by atoms with Gasteiger partial charge in [-0.25, -0.2) is 8.78 Å². The van der Waals surface area contributed by atoms with E-state index >= 15 is 42.3 Å². The number of halogens is 5. The fourth-order valence-electron chi connectivity index (χ4n) is 15.3. The first-order valence-electron chi connectivity index (χ1n) is 37.2. The number of carbonyl (C=O) groups is 12. The number of hydrogen-bond acceptors (Lipinski definition) is 14. The van der Waals surface area contributed by atoms with Gasteiger partial charge < -0.3 is 69.5 Å². The minimum atomic E-state index is -5.42. The summed E-state index contributed by atoms with van der Waals surface area (Å²) in [6.45, 7) is 4.98. The van der Waals surface area contributed by atoms with Gasteiger partial charge in [0.1, 0.15) is 70.8 Å². The van der Waals surface area contributed by atoms with Crippen LogP contribution in [0, 0.1) is 23.5 Å². The lowest BCUT2D eigenvalue weighted by Crippen LogP contribution is -2.65. The molecule has 8 rings (SSSR count). The Bertz CT molecular complexity index is 3460. The lowest BCUT2D eigenvalue weighted by molar-refractivity contribution is -0.156. The first-order valence-corrected chi connectivity index (χ1v) is 37.2. The quantitative estimate of drug-likeness (QED) is 0.247. The second kappa shape index (κ2) is 37.8. The van der Waals surface area contributed by atoms with Crippen molar-refractivity contribution in [3.8, 4) is 5.75 Å². The summed E-state index contributed by atoms with van der Waals surface area (Å²) in [6, 6.07) is -2.16. The molecule has 12 amide bonds. The zero-order valence-corrected chi connectivity index (χ0v) is 63.5. The molecule has 3 N–H and O–H groups in total. The Balaban J connectivity index is 1.38. The molecule has 4 bridgehead atoms. The van der Waals surface area contributed by atoms with Crippen LogP contribution in [0.1, 0.15) is 160 Å². The van der Waals surface area contributed by atoms with Crippen molar-refractivity contribution in [3.05, 3.63) is 64.7 Å². The van der Waals surface area contributed by atoms with E-state index in [1.54, 1.807) is 45.0 Å². The highest BCUT2D eigenvalue weighted by atomic mass is 19.4. The van der Waals surface area contributed by atoms with E-state index in [1.807, 2.05) is 6.92 Å². The number of nitrogens with one attached hydrogen (secondary N) is 3. The minimum Gasteiger partial charge on any atom is -0.494 e. The van der Waals surface area contributed by atoms with Gasteiger partial charge in [-0.15, -0.1) is 0 Å². The standard InChI is InChI=1S/C75H109F5N12O14/c1-13-35-91-58-39-47-27-30-50(31-28-47)106-36-23-17-16-18-26-55(66(97)82-64(46(4)14-2)71(102)87(9)44-61(95)85(7)45-62(91)96)88(10)60(94)41-57(69(100)84(5)6)89(11)72(103)65(49-24-19-20-25-49)90(12)73(104)74(33-21-22-34-74)83-67(98)56-40-51(105-15-3)42-92(56)68(99)54(81-59(93)43-86(8)70(58)101)32-29-48-37-52(76)63(53(77)38-48)75(78,79)80/h27-28,30-31,37-38,46,49,51,54-58,64-65H,13-26,29,32-36,39-45H2,1-12H3,(H,81,93)(H,82,97)(H,83,98)/t46-,51+,54-,55-,56-,57-,58-,64-,65-/m0/s1. The van der Waals surface area contributed by atoms with Crippen molar-refractivity contribution in [2.45, 2.75) is 216 Å². The van der Waals surface area contributed by atoms with Gasteiger partial charge in [-0.2, -0.15) is 13.2 Å². The van der Waals surface area contributed by atoms with Crippen molar-refractivity contribution in [1.29, 1.82) is 0 Å².